The Morgan fingerprint density at radius 2 is 2.00 bits per heavy atom. The first-order valence-corrected chi connectivity index (χ1v) is 13.3. The van der Waals surface area contributed by atoms with Crippen LogP contribution in [0.2, 0.25) is 0 Å². The van der Waals surface area contributed by atoms with Crippen LogP contribution in [0.4, 0.5) is 5.82 Å². The van der Waals surface area contributed by atoms with Gasteiger partial charge >= 0.3 is 0 Å². The molecule has 3 aromatic rings. The summed E-state index contributed by atoms with van der Waals surface area (Å²) in [5, 5.41) is 8.14. The summed E-state index contributed by atoms with van der Waals surface area (Å²) in [5.41, 5.74) is 2.83. The molecule has 8 heteroatoms. The highest BCUT2D eigenvalue weighted by molar-refractivity contribution is 14.1. The summed E-state index contributed by atoms with van der Waals surface area (Å²) >= 11 is 5.95. The Morgan fingerprint density at radius 1 is 1.19 bits per heavy atom. The maximum absolute atomic E-state index is 12.9. The molecule has 32 heavy (non-hydrogen) atoms. The number of rotatable bonds is 5. The van der Waals surface area contributed by atoms with Crippen LogP contribution in [0.25, 0.3) is 16.9 Å². The smallest absolute Gasteiger partial charge is 0.225 e. The second-order valence-electron chi connectivity index (χ2n) is 8.89. The number of aromatic nitrogens is 3. The van der Waals surface area contributed by atoms with Gasteiger partial charge in [0, 0.05) is 40.8 Å². The van der Waals surface area contributed by atoms with Crippen molar-refractivity contribution >= 4 is 55.9 Å². The molecule has 1 atom stereocenters. The Kier molecular flexibility index (Phi) is 6.69. The quantitative estimate of drug-likeness (QED) is 0.383. The third-order valence-electron chi connectivity index (χ3n) is 6.69. The zero-order chi connectivity index (χ0) is 22.1. The van der Waals surface area contributed by atoms with Crippen molar-refractivity contribution in [3.63, 3.8) is 0 Å². The number of anilines is 1. The molecule has 1 saturated carbocycles. The van der Waals surface area contributed by atoms with E-state index in [9.17, 15) is 4.79 Å². The van der Waals surface area contributed by atoms with E-state index >= 15 is 0 Å². The van der Waals surface area contributed by atoms with Crippen molar-refractivity contribution in [2.45, 2.75) is 38.5 Å². The molecule has 168 valence electrons. The predicted molar refractivity (Wildman–Crippen MR) is 139 cm³/mol. The normalized spacial score (nSPS) is 19.6. The Morgan fingerprint density at radius 3 is 2.81 bits per heavy atom. The van der Waals surface area contributed by atoms with Crippen LogP contribution in [-0.2, 0) is 4.79 Å². The summed E-state index contributed by atoms with van der Waals surface area (Å²) in [6.45, 7) is 2.58. The van der Waals surface area contributed by atoms with E-state index in [1.807, 2.05) is 16.6 Å². The Hall–Kier alpha value is -1.68. The average molecular weight is 608 g/mol. The number of amides is 1. The molecule has 1 amide bonds. The number of fused-ring (bicyclic) bond motifs is 1. The van der Waals surface area contributed by atoms with Crippen LogP contribution in [0.5, 0.6) is 0 Å². The highest BCUT2D eigenvalue weighted by atomic mass is 127. The summed E-state index contributed by atoms with van der Waals surface area (Å²) < 4.78 is 3.89. The lowest BCUT2D eigenvalue weighted by Gasteiger charge is -2.34. The van der Waals surface area contributed by atoms with E-state index in [0.29, 0.717) is 11.8 Å². The van der Waals surface area contributed by atoms with E-state index in [1.54, 1.807) is 6.20 Å². The average Bonchev–Trinajstić information content (AvgIpc) is 3.48. The fourth-order valence-corrected chi connectivity index (χ4v) is 5.99. The van der Waals surface area contributed by atoms with Crippen LogP contribution >= 0.6 is 38.5 Å². The van der Waals surface area contributed by atoms with Crippen LogP contribution in [0, 0.1) is 15.4 Å². The molecule has 1 unspecified atom stereocenters. The molecule has 5 rings (SSSR count). The van der Waals surface area contributed by atoms with Gasteiger partial charge in [0.05, 0.1) is 16.4 Å². The maximum atomic E-state index is 12.9. The van der Waals surface area contributed by atoms with Gasteiger partial charge < -0.3 is 10.2 Å². The first-order valence-electron chi connectivity index (χ1n) is 11.4. The molecule has 0 spiro atoms. The zero-order valence-electron chi connectivity index (χ0n) is 17.9. The fraction of sp³-hybridized carbons (Fsp3) is 0.458. The van der Waals surface area contributed by atoms with Gasteiger partial charge in [0.1, 0.15) is 5.82 Å². The third-order valence-corrected chi connectivity index (χ3v) is 8.19. The van der Waals surface area contributed by atoms with Crippen molar-refractivity contribution in [2.24, 2.45) is 11.8 Å². The second kappa shape index (κ2) is 9.67. The first kappa shape index (κ1) is 22.1. The summed E-state index contributed by atoms with van der Waals surface area (Å²) in [6, 6.07) is 10.4. The molecule has 1 N–H and O–H groups in total. The third kappa shape index (κ3) is 4.53. The highest BCUT2D eigenvalue weighted by Gasteiger charge is 2.30. The summed E-state index contributed by atoms with van der Waals surface area (Å²) in [7, 11) is 0. The second-order valence-corrected chi connectivity index (χ2v) is 10.9. The number of carbonyl (C=O) groups is 1. The minimum atomic E-state index is 0.263. The molecule has 0 radical (unpaired) electrons. The monoisotopic (exact) mass is 607 g/mol. The maximum Gasteiger partial charge on any atom is 0.225 e. The number of halogens is 2. The molecule has 2 fully saturated rings. The summed E-state index contributed by atoms with van der Waals surface area (Å²) in [5.74, 6) is 2.01. The Labute approximate surface area is 210 Å². The minimum absolute atomic E-state index is 0.263. The molecule has 0 bridgehead atoms. The number of nitrogens with zero attached hydrogens (tertiary/aromatic N) is 4. The van der Waals surface area contributed by atoms with E-state index in [-0.39, 0.29) is 5.92 Å². The van der Waals surface area contributed by atoms with E-state index in [4.69, 9.17) is 4.98 Å². The number of hydrogen-bond acceptors (Lipinski definition) is 4. The van der Waals surface area contributed by atoms with E-state index in [0.717, 1.165) is 76.1 Å². The van der Waals surface area contributed by atoms with Crippen LogP contribution in [0.15, 0.2) is 41.0 Å². The van der Waals surface area contributed by atoms with Crippen molar-refractivity contribution in [2.75, 3.05) is 25.0 Å². The van der Waals surface area contributed by atoms with Gasteiger partial charge in [0.15, 0.2) is 5.65 Å². The number of benzene rings is 1. The minimum Gasteiger partial charge on any atom is -0.370 e. The number of nitrogens with one attached hydrogen (secondary N) is 1. The van der Waals surface area contributed by atoms with Crippen molar-refractivity contribution in [3.8, 4) is 11.3 Å². The standard InChI is InChI=1S/C24H27BrIN5O/c25-19-14-28-31-22(12-21(29-23(19)31)18-9-3-4-10-20(18)26)27-13-16-6-5-11-30(15-16)24(32)17-7-1-2-8-17/h3-4,9-10,12,14,16-17,27H,1-2,5-8,11,13,15H2. The number of piperidine rings is 1. The first-order chi connectivity index (χ1) is 15.6. The molecule has 1 aliphatic heterocycles. The van der Waals surface area contributed by atoms with Gasteiger partial charge in [0.25, 0.3) is 0 Å². The molecule has 1 saturated heterocycles. The molecule has 2 aliphatic rings. The van der Waals surface area contributed by atoms with E-state index in [1.165, 1.54) is 12.8 Å². The number of carbonyl (C=O) groups excluding carboxylic acids is 1. The Balaban J connectivity index is 1.35. The van der Waals surface area contributed by atoms with Crippen LogP contribution < -0.4 is 5.32 Å². The Bertz CT molecular complexity index is 1130. The van der Waals surface area contributed by atoms with E-state index in [2.05, 4.69) is 72.0 Å². The van der Waals surface area contributed by atoms with Crippen molar-refractivity contribution in [1.82, 2.24) is 19.5 Å². The topological polar surface area (TPSA) is 62.5 Å². The van der Waals surface area contributed by atoms with E-state index < -0.39 is 0 Å². The highest BCUT2D eigenvalue weighted by Crippen LogP contribution is 2.30. The van der Waals surface area contributed by atoms with Gasteiger partial charge in [0.2, 0.25) is 5.91 Å². The fourth-order valence-electron chi connectivity index (χ4n) is 4.98. The van der Waals surface area contributed by atoms with Crippen LogP contribution in [0.3, 0.4) is 0 Å². The van der Waals surface area contributed by atoms with Gasteiger partial charge in [-0.05, 0) is 76.2 Å². The van der Waals surface area contributed by atoms with Gasteiger partial charge in [-0.15, -0.1) is 0 Å². The molecule has 2 aromatic heterocycles. The largest absolute Gasteiger partial charge is 0.370 e. The van der Waals surface area contributed by atoms with Crippen molar-refractivity contribution < 1.29 is 4.79 Å². The molecule has 6 nitrogen and oxygen atoms in total. The molecular formula is C24H27BrIN5O. The molecule has 3 heterocycles. The van der Waals surface area contributed by atoms with Gasteiger partial charge in [-0.25, -0.2) is 4.98 Å². The number of hydrogen-bond donors (Lipinski definition) is 1. The predicted octanol–water partition coefficient (Wildman–Crippen LogP) is 5.60. The SMILES string of the molecule is O=C(C1CCCC1)N1CCCC(CNc2cc(-c3ccccc3I)nc3c(Br)cnn23)C1. The lowest BCUT2D eigenvalue weighted by molar-refractivity contribution is -0.137. The summed E-state index contributed by atoms with van der Waals surface area (Å²) in [4.78, 5) is 19.9. The van der Waals surface area contributed by atoms with Crippen molar-refractivity contribution in [3.05, 3.63) is 44.6 Å². The number of likely N-dealkylation sites (tertiary alicyclic amines) is 1. The van der Waals surface area contributed by atoms with Crippen LogP contribution in [-0.4, -0.2) is 45.0 Å². The zero-order valence-corrected chi connectivity index (χ0v) is 21.7. The van der Waals surface area contributed by atoms with Gasteiger partial charge in [-0.1, -0.05) is 31.0 Å². The van der Waals surface area contributed by atoms with Crippen LogP contribution in [0.1, 0.15) is 38.5 Å². The molecular weight excluding hydrogens is 581 g/mol. The van der Waals surface area contributed by atoms with Gasteiger partial charge in [-0.3, -0.25) is 4.79 Å². The molecule has 1 aliphatic carbocycles. The lowest BCUT2D eigenvalue weighted by atomic mass is 9.96. The molecule has 1 aromatic carbocycles. The van der Waals surface area contributed by atoms with Gasteiger partial charge in [-0.2, -0.15) is 9.61 Å². The van der Waals surface area contributed by atoms with Crippen molar-refractivity contribution in [1.29, 1.82) is 0 Å². The summed E-state index contributed by atoms with van der Waals surface area (Å²) in [6.07, 6.45) is 8.56. The lowest BCUT2D eigenvalue weighted by Crippen LogP contribution is -2.44.